The number of aryl methyl sites for hydroxylation is 1. The second kappa shape index (κ2) is 7.69. The lowest BCUT2D eigenvalue weighted by molar-refractivity contribution is -0.149. The fourth-order valence-electron chi connectivity index (χ4n) is 3.71. The third kappa shape index (κ3) is 3.71. The van der Waals surface area contributed by atoms with E-state index >= 15 is 0 Å². The van der Waals surface area contributed by atoms with Crippen LogP contribution in [0.15, 0.2) is 18.2 Å². The summed E-state index contributed by atoms with van der Waals surface area (Å²) in [7, 11) is 0. The number of carbonyl (C=O) groups excluding carboxylic acids is 2. The second-order valence-electron chi connectivity index (χ2n) is 6.62. The summed E-state index contributed by atoms with van der Waals surface area (Å²) in [5.74, 6) is -0.388. The van der Waals surface area contributed by atoms with Gasteiger partial charge in [0, 0.05) is 18.8 Å². The summed E-state index contributed by atoms with van der Waals surface area (Å²) >= 11 is 0. The number of rotatable bonds is 3. The van der Waals surface area contributed by atoms with E-state index in [0.717, 1.165) is 31.4 Å². The fraction of sp³-hybridized carbons (Fsp3) is 0.579. The minimum atomic E-state index is -0.200. The van der Waals surface area contributed by atoms with E-state index in [4.69, 9.17) is 4.74 Å². The molecule has 1 N–H and O–H groups in total. The van der Waals surface area contributed by atoms with Crippen LogP contribution in [-0.4, -0.2) is 36.6 Å². The van der Waals surface area contributed by atoms with Gasteiger partial charge < -0.3 is 15.0 Å². The molecule has 1 aliphatic carbocycles. The number of piperidine rings is 1. The van der Waals surface area contributed by atoms with E-state index in [-0.39, 0.29) is 17.9 Å². The number of ether oxygens (including phenoxy) is 1. The first-order valence-corrected chi connectivity index (χ1v) is 9.02. The van der Waals surface area contributed by atoms with Crippen LogP contribution in [0.5, 0.6) is 0 Å². The standard InChI is InChI=1S/C19H26N2O3/c1-2-24-18(22)15-9-6-12-21(13-15)19(23)20-17-11-5-8-14-7-3-4-10-16(14)17/h5,8,11,15H,2-4,6-7,9-10,12-13H2,1H3,(H,20,23). The molecule has 0 spiro atoms. The highest BCUT2D eigenvalue weighted by Crippen LogP contribution is 2.28. The molecule has 1 aliphatic heterocycles. The van der Waals surface area contributed by atoms with Crippen LogP contribution >= 0.6 is 0 Å². The zero-order valence-electron chi connectivity index (χ0n) is 14.3. The highest BCUT2D eigenvalue weighted by atomic mass is 16.5. The molecule has 0 aromatic heterocycles. The van der Waals surface area contributed by atoms with Gasteiger partial charge in [0.25, 0.3) is 0 Å². The lowest BCUT2D eigenvalue weighted by atomic mass is 9.90. The number of benzene rings is 1. The van der Waals surface area contributed by atoms with Crippen molar-refractivity contribution in [2.45, 2.75) is 45.4 Å². The predicted octanol–water partition coefficient (Wildman–Crippen LogP) is 3.37. The molecule has 130 valence electrons. The van der Waals surface area contributed by atoms with Crippen molar-refractivity contribution >= 4 is 17.7 Å². The van der Waals surface area contributed by atoms with Gasteiger partial charge >= 0.3 is 12.0 Å². The van der Waals surface area contributed by atoms with Gasteiger partial charge in [-0.05, 0) is 62.6 Å². The van der Waals surface area contributed by atoms with Gasteiger partial charge in [0.1, 0.15) is 0 Å². The zero-order valence-corrected chi connectivity index (χ0v) is 14.3. The number of hydrogen-bond donors (Lipinski definition) is 1. The maximum Gasteiger partial charge on any atom is 0.321 e. The predicted molar refractivity (Wildman–Crippen MR) is 93.0 cm³/mol. The number of hydrogen-bond acceptors (Lipinski definition) is 3. The van der Waals surface area contributed by atoms with Gasteiger partial charge in [-0.25, -0.2) is 4.79 Å². The van der Waals surface area contributed by atoms with Gasteiger partial charge in [0.05, 0.1) is 12.5 Å². The summed E-state index contributed by atoms with van der Waals surface area (Å²) in [6, 6.07) is 6.04. The molecule has 0 bridgehead atoms. The molecule has 1 heterocycles. The molecule has 2 aliphatic rings. The van der Waals surface area contributed by atoms with E-state index in [0.29, 0.717) is 19.7 Å². The van der Waals surface area contributed by atoms with Crippen LogP contribution in [-0.2, 0) is 22.4 Å². The molecule has 2 amide bonds. The molecule has 1 fully saturated rings. The molecule has 0 saturated carbocycles. The smallest absolute Gasteiger partial charge is 0.321 e. The van der Waals surface area contributed by atoms with Crippen molar-refractivity contribution < 1.29 is 14.3 Å². The van der Waals surface area contributed by atoms with Crippen LogP contribution in [0.25, 0.3) is 0 Å². The number of carbonyl (C=O) groups is 2. The Morgan fingerprint density at radius 1 is 1.25 bits per heavy atom. The van der Waals surface area contributed by atoms with Crippen LogP contribution in [0.3, 0.4) is 0 Å². The number of fused-ring (bicyclic) bond motifs is 1. The lowest BCUT2D eigenvalue weighted by Gasteiger charge is -2.32. The Morgan fingerprint density at radius 2 is 2.08 bits per heavy atom. The van der Waals surface area contributed by atoms with Gasteiger partial charge in [-0.1, -0.05) is 12.1 Å². The Kier molecular flexibility index (Phi) is 5.38. The highest BCUT2D eigenvalue weighted by Gasteiger charge is 2.29. The van der Waals surface area contributed by atoms with Crippen LogP contribution in [0.1, 0.15) is 43.7 Å². The van der Waals surface area contributed by atoms with Gasteiger partial charge in [-0.2, -0.15) is 0 Å². The van der Waals surface area contributed by atoms with E-state index in [1.807, 2.05) is 19.1 Å². The molecule has 1 saturated heterocycles. The number of esters is 1. The number of urea groups is 1. The minimum Gasteiger partial charge on any atom is -0.466 e. The molecule has 1 aromatic carbocycles. The van der Waals surface area contributed by atoms with Crippen molar-refractivity contribution in [1.29, 1.82) is 0 Å². The van der Waals surface area contributed by atoms with Crippen molar-refractivity contribution in [3.05, 3.63) is 29.3 Å². The minimum absolute atomic E-state index is 0.108. The Hall–Kier alpha value is -2.04. The van der Waals surface area contributed by atoms with Crippen molar-refractivity contribution in [3.8, 4) is 0 Å². The van der Waals surface area contributed by atoms with Gasteiger partial charge in [-0.3, -0.25) is 4.79 Å². The molecule has 1 aromatic rings. The third-order valence-corrected chi connectivity index (χ3v) is 4.97. The topological polar surface area (TPSA) is 58.6 Å². The second-order valence-corrected chi connectivity index (χ2v) is 6.62. The first-order chi connectivity index (χ1) is 11.7. The molecule has 3 rings (SSSR count). The van der Waals surface area contributed by atoms with E-state index < -0.39 is 0 Å². The van der Waals surface area contributed by atoms with Crippen molar-refractivity contribution in [1.82, 2.24) is 4.90 Å². The number of anilines is 1. The zero-order chi connectivity index (χ0) is 16.9. The van der Waals surface area contributed by atoms with E-state index in [1.165, 1.54) is 24.0 Å². The molecule has 24 heavy (non-hydrogen) atoms. The maximum absolute atomic E-state index is 12.6. The van der Waals surface area contributed by atoms with Gasteiger partial charge in [-0.15, -0.1) is 0 Å². The summed E-state index contributed by atoms with van der Waals surface area (Å²) in [5.41, 5.74) is 3.55. The Balaban J connectivity index is 1.66. The van der Waals surface area contributed by atoms with E-state index in [9.17, 15) is 9.59 Å². The number of amides is 2. The monoisotopic (exact) mass is 330 g/mol. The molecular formula is C19H26N2O3. The van der Waals surface area contributed by atoms with E-state index in [1.54, 1.807) is 4.90 Å². The SMILES string of the molecule is CCOC(=O)C1CCCN(C(=O)Nc2cccc3c2CCCC3)C1. The molecule has 5 heteroatoms. The molecule has 1 unspecified atom stereocenters. The third-order valence-electron chi connectivity index (χ3n) is 4.97. The number of likely N-dealkylation sites (tertiary alicyclic amines) is 1. The number of nitrogens with one attached hydrogen (secondary N) is 1. The van der Waals surface area contributed by atoms with Crippen molar-refractivity contribution in [2.24, 2.45) is 5.92 Å². The maximum atomic E-state index is 12.6. The van der Waals surface area contributed by atoms with Crippen LogP contribution in [0, 0.1) is 5.92 Å². The van der Waals surface area contributed by atoms with Crippen LogP contribution < -0.4 is 5.32 Å². The lowest BCUT2D eigenvalue weighted by Crippen LogP contribution is -2.44. The van der Waals surface area contributed by atoms with Gasteiger partial charge in [0.15, 0.2) is 0 Å². The molecular weight excluding hydrogens is 304 g/mol. The fourth-order valence-corrected chi connectivity index (χ4v) is 3.71. The molecule has 1 atom stereocenters. The summed E-state index contributed by atoms with van der Waals surface area (Å²) in [4.78, 5) is 26.3. The normalized spacial score (nSPS) is 20.2. The largest absolute Gasteiger partial charge is 0.466 e. The number of nitrogens with zero attached hydrogens (tertiary/aromatic N) is 1. The summed E-state index contributed by atoms with van der Waals surface area (Å²) in [5, 5.41) is 3.07. The molecule has 0 radical (unpaired) electrons. The van der Waals surface area contributed by atoms with Gasteiger partial charge in [0.2, 0.25) is 0 Å². The average Bonchev–Trinajstić information content (AvgIpc) is 2.62. The average molecular weight is 330 g/mol. The Bertz CT molecular complexity index is 615. The van der Waals surface area contributed by atoms with Crippen molar-refractivity contribution in [3.63, 3.8) is 0 Å². The highest BCUT2D eigenvalue weighted by molar-refractivity contribution is 5.91. The summed E-state index contributed by atoms with van der Waals surface area (Å²) < 4.78 is 5.10. The first kappa shape index (κ1) is 16.8. The van der Waals surface area contributed by atoms with Crippen molar-refractivity contribution in [2.75, 3.05) is 25.0 Å². The quantitative estimate of drug-likeness (QED) is 0.865. The Labute approximate surface area is 143 Å². The first-order valence-electron chi connectivity index (χ1n) is 9.02. The van der Waals surface area contributed by atoms with Crippen LogP contribution in [0.4, 0.5) is 10.5 Å². The van der Waals surface area contributed by atoms with Crippen LogP contribution in [0.2, 0.25) is 0 Å². The Morgan fingerprint density at radius 3 is 2.92 bits per heavy atom. The summed E-state index contributed by atoms with van der Waals surface area (Å²) in [6.07, 6.45) is 6.14. The van der Waals surface area contributed by atoms with E-state index in [2.05, 4.69) is 11.4 Å². The molecule has 5 nitrogen and oxygen atoms in total. The summed E-state index contributed by atoms with van der Waals surface area (Å²) in [6.45, 7) is 3.33.